The molecular formula is C25H29ClN2O5. The minimum absolute atomic E-state index is 0.287. The van der Waals surface area contributed by atoms with Crippen molar-refractivity contribution in [2.45, 2.75) is 19.4 Å². The number of aromatic amines is 1. The summed E-state index contributed by atoms with van der Waals surface area (Å²) >= 11 is 6.26. The van der Waals surface area contributed by atoms with Gasteiger partial charge in [-0.2, -0.15) is 0 Å². The van der Waals surface area contributed by atoms with Crippen LogP contribution >= 0.6 is 11.6 Å². The molecule has 0 fully saturated rings. The van der Waals surface area contributed by atoms with Crippen molar-refractivity contribution in [2.24, 2.45) is 0 Å². The Morgan fingerprint density at radius 1 is 1.12 bits per heavy atom. The molecule has 1 aliphatic heterocycles. The number of amides is 1. The van der Waals surface area contributed by atoms with Crippen LogP contribution in [0, 0.1) is 0 Å². The lowest BCUT2D eigenvalue weighted by Gasteiger charge is -2.35. The lowest BCUT2D eigenvalue weighted by molar-refractivity contribution is 0.0544. The Balaban J connectivity index is 1.58. The highest BCUT2D eigenvalue weighted by Crippen LogP contribution is 2.39. The molecule has 2 aromatic carbocycles. The largest absolute Gasteiger partial charge is 0.491 e. The van der Waals surface area contributed by atoms with Crippen molar-refractivity contribution < 1.29 is 23.7 Å². The van der Waals surface area contributed by atoms with Gasteiger partial charge in [0.25, 0.3) is 0 Å². The van der Waals surface area contributed by atoms with Gasteiger partial charge in [-0.05, 0) is 54.8 Å². The molecule has 0 saturated carbocycles. The zero-order valence-electron chi connectivity index (χ0n) is 18.9. The Bertz CT molecular complexity index is 1080. The van der Waals surface area contributed by atoms with Crippen LogP contribution in [0.4, 0.5) is 4.79 Å². The molecule has 33 heavy (non-hydrogen) atoms. The molecule has 0 aliphatic carbocycles. The van der Waals surface area contributed by atoms with Crippen molar-refractivity contribution in [3.05, 3.63) is 64.3 Å². The Morgan fingerprint density at radius 2 is 1.91 bits per heavy atom. The molecule has 2 heterocycles. The van der Waals surface area contributed by atoms with Crippen molar-refractivity contribution in [1.29, 1.82) is 0 Å². The number of nitrogens with one attached hydrogen (secondary N) is 1. The van der Waals surface area contributed by atoms with Crippen molar-refractivity contribution in [2.75, 3.05) is 46.7 Å². The second-order valence-corrected chi connectivity index (χ2v) is 8.21. The van der Waals surface area contributed by atoms with Gasteiger partial charge in [0.05, 0.1) is 26.4 Å². The number of benzene rings is 2. The number of halogens is 1. The smallest absolute Gasteiger partial charge is 0.410 e. The molecule has 1 N–H and O–H groups in total. The molecule has 0 bridgehead atoms. The number of aromatic nitrogens is 1. The maximum Gasteiger partial charge on any atom is 0.410 e. The topological polar surface area (TPSA) is 73.0 Å². The SMILES string of the molecule is CCOC(=O)N1CCc2c([nH]c3ccc(Cl)cc23)C1c1ccc(OCCOCCOC)cc1. The predicted molar refractivity (Wildman–Crippen MR) is 127 cm³/mol. The first-order chi connectivity index (χ1) is 16.1. The molecule has 0 radical (unpaired) electrons. The lowest BCUT2D eigenvalue weighted by atomic mass is 9.92. The number of methoxy groups -OCH3 is 1. The number of hydrogen-bond acceptors (Lipinski definition) is 5. The average molecular weight is 473 g/mol. The number of carbonyl (C=O) groups excluding carboxylic acids is 1. The predicted octanol–water partition coefficient (Wildman–Crippen LogP) is 4.97. The summed E-state index contributed by atoms with van der Waals surface area (Å²) in [5.41, 5.74) is 4.16. The van der Waals surface area contributed by atoms with Crippen LogP contribution in [0.25, 0.3) is 10.9 Å². The minimum Gasteiger partial charge on any atom is -0.491 e. The summed E-state index contributed by atoms with van der Waals surface area (Å²) in [6.45, 7) is 4.76. The second-order valence-electron chi connectivity index (χ2n) is 7.77. The van der Waals surface area contributed by atoms with Crippen LogP contribution in [0.3, 0.4) is 0 Å². The van der Waals surface area contributed by atoms with Gasteiger partial charge >= 0.3 is 6.09 Å². The molecule has 0 spiro atoms. The van der Waals surface area contributed by atoms with Gasteiger partial charge in [0.1, 0.15) is 18.4 Å². The Hall–Kier alpha value is -2.74. The molecule has 8 heteroatoms. The summed E-state index contributed by atoms with van der Waals surface area (Å²) < 4.78 is 21.5. The third kappa shape index (κ3) is 5.27. The van der Waals surface area contributed by atoms with Gasteiger partial charge in [-0.25, -0.2) is 4.79 Å². The van der Waals surface area contributed by atoms with E-state index < -0.39 is 0 Å². The van der Waals surface area contributed by atoms with Crippen LogP contribution in [0.5, 0.6) is 5.75 Å². The normalized spacial score (nSPS) is 15.5. The molecule has 176 valence electrons. The van der Waals surface area contributed by atoms with Crippen LogP contribution in [0.1, 0.15) is 29.8 Å². The fraction of sp³-hybridized carbons (Fsp3) is 0.400. The Morgan fingerprint density at radius 3 is 2.67 bits per heavy atom. The van der Waals surface area contributed by atoms with E-state index in [0.717, 1.165) is 34.3 Å². The van der Waals surface area contributed by atoms with Crippen molar-refractivity contribution >= 4 is 28.6 Å². The quantitative estimate of drug-likeness (QED) is 0.445. The highest BCUT2D eigenvalue weighted by Gasteiger charge is 2.35. The van der Waals surface area contributed by atoms with E-state index in [9.17, 15) is 4.79 Å². The van der Waals surface area contributed by atoms with Crippen molar-refractivity contribution in [1.82, 2.24) is 9.88 Å². The standard InChI is InChI=1S/C25H29ClN2O5/c1-3-32-25(29)28-11-10-20-21-16-18(26)6-9-22(21)27-23(20)24(28)17-4-7-19(8-5-17)33-15-14-31-13-12-30-2/h4-9,16,24,27H,3,10-15H2,1-2H3. The molecule has 1 unspecified atom stereocenters. The number of H-pyrrole nitrogens is 1. The maximum atomic E-state index is 12.8. The molecule has 1 amide bonds. The first-order valence-electron chi connectivity index (χ1n) is 11.1. The van der Waals surface area contributed by atoms with Gasteiger partial charge in [-0.15, -0.1) is 0 Å². The fourth-order valence-corrected chi connectivity index (χ4v) is 4.39. The highest BCUT2D eigenvalue weighted by atomic mass is 35.5. The second kappa shape index (κ2) is 10.9. The number of ether oxygens (including phenoxy) is 4. The summed E-state index contributed by atoms with van der Waals surface area (Å²) in [7, 11) is 1.64. The van der Waals surface area contributed by atoms with E-state index in [2.05, 4.69) is 4.98 Å². The van der Waals surface area contributed by atoms with Gasteiger partial charge in [-0.1, -0.05) is 23.7 Å². The zero-order chi connectivity index (χ0) is 23.2. The number of rotatable bonds is 9. The third-order valence-corrected chi connectivity index (χ3v) is 5.95. The van der Waals surface area contributed by atoms with Crippen LogP contribution in [0.15, 0.2) is 42.5 Å². The van der Waals surface area contributed by atoms with Crippen molar-refractivity contribution in [3.8, 4) is 5.75 Å². The maximum absolute atomic E-state index is 12.8. The number of carbonyl (C=O) groups is 1. The lowest BCUT2D eigenvalue weighted by Crippen LogP contribution is -2.40. The summed E-state index contributed by atoms with van der Waals surface area (Å²) in [5, 5.41) is 1.79. The number of fused-ring (bicyclic) bond motifs is 3. The Kier molecular flexibility index (Phi) is 7.75. The Labute approximate surface area is 198 Å². The first-order valence-corrected chi connectivity index (χ1v) is 11.5. The van der Waals surface area contributed by atoms with Gasteiger partial charge in [0.2, 0.25) is 0 Å². The summed E-state index contributed by atoms with van der Waals surface area (Å²) in [4.78, 5) is 18.1. The average Bonchev–Trinajstić information content (AvgIpc) is 3.19. The van der Waals surface area contributed by atoms with Crippen LogP contribution < -0.4 is 4.74 Å². The summed E-state index contributed by atoms with van der Waals surface area (Å²) in [6.07, 6.45) is 0.410. The van der Waals surface area contributed by atoms with Gasteiger partial charge in [0, 0.05) is 35.3 Å². The van der Waals surface area contributed by atoms with E-state index in [1.54, 1.807) is 12.0 Å². The molecule has 0 saturated heterocycles. The molecule has 4 rings (SSSR count). The van der Waals surface area contributed by atoms with E-state index in [-0.39, 0.29) is 12.1 Å². The number of hydrogen-bond donors (Lipinski definition) is 1. The summed E-state index contributed by atoms with van der Waals surface area (Å²) in [5.74, 6) is 0.747. The van der Waals surface area contributed by atoms with E-state index in [1.165, 1.54) is 5.56 Å². The zero-order valence-corrected chi connectivity index (χ0v) is 19.7. The van der Waals surface area contributed by atoms with E-state index in [0.29, 0.717) is 44.6 Å². The van der Waals surface area contributed by atoms with Crippen LogP contribution in [-0.4, -0.2) is 62.7 Å². The molecule has 3 aromatic rings. The van der Waals surface area contributed by atoms with Crippen LogP contribution in [-0.2, 0) is 20.6 Å². The van der Waals surface area contributed by atoms with Gasteiger partial charge < -0.3 is 23.9 Å². The van der Waals surface area contributed by atoms with Crippen LogP contribution in [0.2, 0.25) is 5.02 Å². The number of nitrogens with zero attached hydrogens (tertiary/aromatic N) is 1. The fourth-order valence-electron chi connectivity index (χ4n) is 4.22. The van der Waals surface area contributed by atoms with Gasteiger partial charge in [0.15, 0.2) is 0 Å². The van der Waals surface area contributed by atoms with Crippen molar-refractivity contribution in [3.63, 3.8) is 0 Å². The highest BCUT2D eigenvalue weighted by molar-refractivity contribution is 6.31. The third-order valence-electron chi connectivity index (χ3n) is 5.72. The first kappa shape index (κ1) is 23.4. The summed E-state index contributed by atoms with van der Waals surface area (Å²) in [6, 6.07) is 13.4. The van der Waals surface area contributed by atoms with E-state index in [1.807, 2.05) is 49.4 Å². The molecule has 7 nitrogen and oxygen atoms in total. The molecule has 1 aliphatic rings. The monoisotopic (exact) mass is 472 g/mol. The van der Waals surface area contributed by atoms with E-state index in [4.69, 9.17) is 30.5 Å². The van der Waals surface area contributed by atoms with E-state index >= 15 is 0 Å². The minimum atomic E-state index is -0.321. The molecule has 1 aromatic heterocycles. The molecule has 1 atom stereocenters. The van der Waals surface area contributed by atoms with Gasteiger partial charge in [-0.3, -0.25) is 4.90 Å². The molecular weight excluding hydrogens is 444 g/mol.